The van der Waals surface area contributed by atoms with Gasteiger partial charge in [-0.15, -0.1) is 35.8 Å². The zero-order valence-corrected chi connectivity index (χ0v) is 34.9. The van der Waals surface area contributed by atoms with Gasteiger partial charge in [-0.2, -0.15) is 0 Å². The second-order valence-electron chi connectivity index (χ2n) is 14.9. The molecule has 0 aliphatic heterocycles. The Morgan fingerprint density at radius 3 is 1.67 bits per heavy atom. The summed E-state index contributed by atoms with van der Waals surface area (Å²) in [6.45, 7) is 8.19. The number of fused-ring (bicyclic) bond motifs is 11. The minimum absolute atomic E-state index is 1.19. The van der Waals surface area contributed by atoms with Gasteiger partial charge in [-0.3, -0.25) is 0 Å². The normalized spacial score (nSPS) is 11.2. The Hall–Kier alpha value is -7.04. The smallest absolute Gasteiger partial charge is 0.0541 e. The van der Waals surface area contributed by atoms with Gasteiger partial charge >= 0.3 is 0 Å². The largest absolute Gasteiger partial charge is 0.309 e. The standard InChI is InChI=1S/C37H23NS.C12H8S.C6H6.C2H4/c1-22-14-19-34-31(20-22)36-28-17-16-25(27-11-7-12-29(35(27)28)37(36)39-34)23-15-18-33-30(21-23)26-10-5-6-13-32(26)38(33)24-8-3-2-4-9-24;1-3-7-11-9(5-1)10-6-2-4-8-12(10)13-11;1-2-4-6-5-3-1;1-2/h2-21H,1H3;1-8H;1-6H;1-2H2. The highest BCUT2D eigenvalue weighted by atomic mass is 32.1. The predicted octanol–water partition coefficient (Wildman–Crippen LogP) is 17.3. The minimum atomic E-state index is 1.19. The number of hydrogen-bond acceptors (Lipinski definition) is 2. The molecule has 1 aliphatic rings. The van der Waals surface area contributed by atoms with E-state index in [0.717, 1.165) is 0 Å². The van der Waals surface area contributed by atoms with Crippen LogP contribution in [0, 0.1) is 6.92 Å². The van der Waals surface area contributed by atoms with Crippen LogP contribution in [0.2, 0.25) is 0 Å². The first-order valence-electron chi connectivity index (χ1n) is 20.3. The molecule has 9 aromatic carbocycles. The molecule has 0 N–H and O–H groups in total. The first-order chi connectivity index (χ1) is 29.7. The van der Waals surface area contributed by atoms with Gasteiger partial charge in [0, 0.05) is 62.7 Å². The Balaban J connectivity index is 0.000000168. The van der Waals surface area contributed by atoms with E-state index in [1.165, 1.54) is 107 Å². The van der Waals surface area contributed by atoms with Crippen molar-refractivity contribution in [3.05, 3.63) is 225 Å². The molecule has 0 unspecified atom stereocenters. The maximum Gasteiger partial charge on any atom is 0.0541 e. The van der Waals surface area contributed by atoms with Crippen molar-refractivity contribution in [2.45, 2.75) is 6.92 Å². The summed E-state index contributed by atoms with van der Waals surface area (Å²) in [5.74, 6) is 0. The van der Waals surface area contributed by atoms with Gasteiger partial charge in [-0.05, 0) is 89.0 Å². The first-order valence-corrected chi connectivity index (χ1v) is 21.9. The molecule has 13 rings (SSSR count). The van der Waals surface area contributed by atoms with Crippen LogP contribution in [-0.4, -0.2) is 4.57 Å². The molecule has 1 aliphatic carbocycles. The van der Waals surface area contributed by atoms with Gasteiger partial charge in [0.25, 0.3) is 0 Å². The quantitative estimate of drug-likeness (QED) is 0.153. The number of nitrogens with zero attached hydrogens (tertiary/aromatic N) is 1. The second kappa shape index (κ2) is 16.0. The highest BCUT2D eigenvalue weighted by molar-refractivity contribution is 7.25. The van der Waals surface area contributed by atoms with E-state index >= 15 is 0 Å². The third-order valence-corrected chi connectivity index (χ3v) is 13.7. The number of aromatic nitrogens is 1. The van der Waals surface area contributed by atoms with Gasteiger partial charge in [-0.1, -0.05) is 157 Å². The van der Waals surface area contributed by atoms with E-state index in [1.807, 2.05) is 59.1 Å². The molecule has 0 saturated carbocycles. The molecule has 3 heterocycles. The fraction of sp³-hybridized carbons (Fsp3) is 0.0175. The molecule has 0 fully saturated rings. The number of rotatable bonds is 2. The number of para-hydroxylation sites is 2. The average molecular weight is 804 g/mol. The Kier molecular flexibility index (Phi) is 9.90. The molecule has 0 amide bonds. The highest BCUT2D eigenvalue weighted by Crippen LogP contribution is 2.55. The molecule has 0 saturated heterocycles. The second-order valence-corrected chi connectivity index (χ2v) is 17.0. The lowest BCUT2D eigenvalue weighted by molar-refractivity contribution is 1.18. The lowest BCUT2D eigenvalue weighted by atomic mass is 9.93. The molecule has 3 heteroatoms. The summed E-state index contributed by atoms with van der Waals surface area (Å²) >= 11 is 3.79. The summed E-state index contributed by atoms with van der Waals surface area (Å²) < 4.78 is 6.51. The zero-order chi connectivity index (χ0) is 40.6. The highest BCUT2D eigenvalue weighted by Gasteiger charge is 2.27. The Bertz CT molecular complexity index is 3400. The van der Waals surface area contributed by atoms with Gasteiger partial charge in [0.15, 0.2) is 0 Å². The number of hydrogen-bond donors (Lipinski definition) is 0. The van der Waals surface area contributed by atoms with Crippen molar-refractivity contribution >= 4 is 85.5 Å². The van der Waals surface area contributed by atoms with Crippen LogP contribution < -0.4 is 0 Å². The van der Waals surface area contributed by atoms with Gasteiger partial charge in [0.1, 0.15) is 0 Å². The van der Waals surface area contributed by atoms with E-state index < -0.39 is 0 Å². The molecule has 286 valence electrons. The van der Waals surface area contributed by atoms with Crippen molar-refractivity contribution in [2.75, 3.05) is 0 Å². The molecule has 0 bridgehead atoms. The maximum absolute atomic E-state index is 3.00. The van der Waals surface area contributed by atoms with Crippen molar-refractivity contribution in [1.29, 1.82) is 0 Å². The Morgan fingerprint density at radius 2 is 0.950 bits per heavy atom. The predicted molar refractivity (Wildman–Crippen MR) is 265 cm³/mol. The van der Waals surface area contributed by atoms with Crippen molar-refractivity contribution in [3.63, 3.8) is 0 Å². The summed E-state index contributed by atoms with van der Waals surface area (Å²) in [6.07, 6.45) is 0. The number of benzene rings is 9. The number of thiophene rings is 2. The van der Waals surface area contributed by atoms with Crippen molar-refractivity contribution in [1.82, 2.24) is 4.57 Å². The van der Waals surface area contributed by atoms with Gasteiger partial charge in [0.2, 0.25) is 0 Å². The third-order valence-electron chi connectivity index (χ3n) is 11.3. The van der Waals surface area contributed by atoms with Crippen LogP contribution in [0.25, 0.3) is 101 Å². The monoisotopic (exact) mass is 803 g/mol. The van der Waals surface area contributed by atoms with Crippen molar-refractivity contribution < 1.29 is 0 Å². The van der Waals surface area contributed by atoms with Crippen LogP contribution in [0.15, 0.2) is 219 Å². The summed E-state index contributed by atoms with van der Waals surface area (Å²) in [6, 6.07) is 74.0. The van der Waals surface area contributed by atoms with Gasteiger partial charge in [0.05, 0.1) is 11.0 Å². The molecular weight excluding hydrogens is 763 g/mol. The maximum atomic E-state index is 3.00. The molecule has 0 spiro atoms. The van der Waals surface area contributed by atoms with Crippen molar-refractivity contribution in [3.8, 4) is 38.4 Å². The van der Waals surface area contributed by atoms with Crippen LogP contribution >= 0.6 is 22.7 Å². The topological polar surface area (TPSA) is 4.93 Å². The summed E-state index contributed by atoms with van der Waals surface area (Å²) in [5.41, 5.74) is 11.7. The molecule has 1 nitrogen and oxygen atoms in total. The Labute approximate surface area is 358 Å². The molecule has 60 heavy (non-hydrogen) atoms. The lowest BCUT2D eigenvalue weighted by Gasteiger charge is -2.11. The van der Waals surface area contributed by atoms with Crippen molar-refractivity contribution in [2.24, 2.45) is 0 Å². The van der Waals surface area contributed by atoms with E-state index in [2.05, 4.69) is 195 Å². The fourth-order valence-electron chi connectivity index (χ4n) is 8.78. The van der Waals surface area contributed by atoms with E-state index in [-0.39, 0.29) is 0 Å². The Morgan fingerprint density at radius 1 is 0.383 bits per heavy atom. The van der Waals surface area contributed by atoms with Crippen LogP contribution in [0.3, 0.4) is 0 Å². The molecule has 3 aromatic heterocycles. The van der Waals surface area contributed by atoms with E-state index in [4.69, 9.17) is 0 Å². The lowest BCUT2D eigenvalue weighted by Crippen LogP contribution is -1.92. The number of aryl methyl sites for hydroxylation is 1. The fourth-order valence-corrected chi connectivity index (χ4v) is 11.1. The van der Waals surface area contributed by atoms with E-state index in [1.54, 1.807) is 0 Å². The summed E-state index contributed by atoms with van der Waals surface area (Å²) in [4.78, 5) is 1.41. The summed E-state index contributed by atoms with van der Waals surface area (Å²) in [5, 5.41) is 9.44. The van der Waals surface area contributed by atoms with Crippen LogP contribution in [0.5, 0.6) is 0 Å². The molecule has 12 aromatic rings. The first kappa shape index (κ1) is 37.2. The zero-order valence-electron chi connectivity index (χ0n) is 33.3. The molecule has 0 radical (unpaired) electrons. The van der Waals surface area contributed by atoms with Crippen LogP contribution in [0.1, 0.15) is 5.56 Å². The van der Waals surface area contributed by atoms with E-state index in [0.29, 0.717) is 0 Å². The molecule has 0 atom stereocenters. The average Bonchev–Trinajstić information content (AvgIpc) is 4.07. The van der Waals surface area contributed by atoms with Crippen LogP contribution in [0.4, 0.5) is 0 Å². The van der Waals surface area contributed by atoms with Gasteiger partial charge < -0.3 is 4.57 Å². The van der Waals surface area contributed by atoms with Crippen LogP contribution in [-0.2, 0) is 0 Å². The molecular formula is C57H41NS2. The van der Waals surface area contributed by atoms with E-state index in [9.17, 15) is 0 Å². The summed E-state index contributed by atoms with van der Waals surface area (Å²) in [7, 11) is 0. The minimum Gasteiger partial charge on any atom is -0.309 e. The SMILES string of the molecule is C=C.Cc1ccc2sc3c(c2c1)-c1ccc(-c2ccc4c(c2)c2ccccc2n4-c2ccccc2)c2cccc-3c12.c1ccc2c(c1)sc1ccccc12.c1ccccc1. The third kappa shape index (κ3) is 6.40. The van der Waals surface area contributed by atoms with Gasteiger partial charge in [-0.25, -0.2) is 0 Å².